The van der Waals surface area contributed by atoms with Gasteiger partial charge in [0.05, 0.1) is 0 Å². The van der Waals surface area contributed by atoms with Crippen molar-refractivity contribution in [3.8, 4) is 0 Å². The van der Waals surface area contributed by atoms with Gasteiger partial charge in [-0.2, -0.15) is 0 Å². The van der Waals surface area contributed by atoms with Gasteiger partial charge in [0.2, 0.25) is 0 Å². The Hall–Kier alpha value is -2.18. The highest BCUT2D eigenvalue weighted by Crippen LogP contribution is 2.16. The van der Waals surface area contributed by atoms with E-state index >= 15 is 0 Å². The molecule has 0 aliphatic carbocycles. The Labute approximate surface area is 134 Å². The summed E-state index contributed by atoms with van der Waals surface area (Å²) in [5.41, 5.74) is 0.135. The SMILES string of the molecule is CCCNC(=O)NC1CCN(C(=O)c2ccc(F)c(F)c2)CC1. The zero-order chi connectivity index (χ0) is 16.8. The summed E-state index contributed by atoms with van der Waals surface area (Å²) in [7, 11) is 0. The number of amides is 3. The molecule has 0 saturated carbocycles. The molecular weight excluding hydrogens is 304 g/mol. The monoisotopic (exact) mass is 325 g/mol. The Kier molecular flexibility index (Phi) is 5.90. The van der Waals surface area contributed by atoms with Crippen LogP contribution in [-0.2, 0) is 0 Å². The van der Waals surface area contributed by atoms with Crippen molar-refractivity contribution in [1.29, 1.82) is 0 Å². The number of urea groups is 1. The molecule has 1 aliphatic heterocycles. The number of nitrogens with zero attached hydrogens (tertiary/aromatic N) is 1. The van der Waals surface area contributed by atoms with E-state index in [2.05, 4.69) is 10.6 Å². The van der Waals surface area contributed by atoms with Gasteiger partial charge in [-0.3, -0.25) is 4.79 Å². The normalized spacial score (nSPS) is 15.3. The molecule has 1 saturated heterocycles. The first-order valence-electron chi connectivity index (χ1n) is 7.80. The third kappa shape index (κ3) is 4.64. The van der Waals surface area contributed by atoms with Gasteiger partial charge >= 0.3 is 6.03 Å². The lowest BCUT2D eigenvalue weighted by Gasteiger charge is -2.32. The van der Waals surface area contributed by atoms with Gasteiger partial charge in [-0.1, -0.05) is 6.92 Å². The first kappa shape index (κ1) is 17.2. The molecule has 2 N–H and O–H groups in total. The van der Waals surface area contributed by atoms with Crippen molar-refractivity contribution < 1.29 is 18.4 Å². The number of benzene rings is 1. The average molecular weight is 325 g/mol. The zero-order valence-corrected chi connectivity index (χ0v) is 13.1. The topological polar surface area (TPSA) is 61.4 Å². The standard InChI is InChI=1S/C16H21F2N3O2/c1-2-7-19-16(23)20-12-5-8-21(9-6-12)15(22)11-3-4-13(17)14(18)10-11/h3-4,10,12H,2,5-9H2,1H3,(H2,19,20,23). The van der Waals surface area contributed by atoms with Crippen LogP contribution in [0.25, 0.3) is 0 Å². The molecule has 126 valence electrons. The zero-order valence-electron chi connectivity index (χ0n) is 13.1. The molecule has 5 nitrogen and oxygen atoms in total. The van der Waals surface area contributed by atoms with E-state index in [1.54, 1.807) is 4.90 Å². The molecule has 1 aromatic carbocycles. The second-order valence-corrected chi connectivity index (χ2v) is 5.60. The predicted octanol–water partition coefficient (Wildman–Crippen LogP) is 2.28. The lowest BCUT2D eigenvalue weighted by atomic mass is 10.0. The highest BCUT2D eigenvalue weighted by atomic mass is 19.2. The number of likely N-dealkylation sites (tertiary alicyclic amines) is 1. The van der Waals surface area contributed by atoms with Gasteiger partial charge in [-0.15, -0.1) is 0 Å². The summed E-state index contributed by atoms with van der Waals surface area (Å²) in [4.78, 5) is 25.5. The second kappa shape index (κ2) is 7.89. The van der Waals surface area contributed by atoms with E-state index < -0.39 is 11.6 Å². The number of hydrogen-bond donors (Lipinski definition) is 2. The van der Waals surface area contributed by atoms with Gasteiger partial charge in [0.1, 0.15) is 0 Å². The van der Waals surface area contributed by atoms with Crippen molar-refractivity contribution in [2.24, 2.45) is 0 Å². The summed E-state index contributed by atoms with van der Waals surface area (Å²) < 4.78 is 26.1. The molecule has 23 heavy (non-hydrogen) atoms. The fraction of sp³-hybridized carbons (Fsp3) is 0.500. The van der Waals surface area contributed by atoms with Gasteiger partial charge in [0.25, 0.3) is 5.91 Å². The van der Waals surface area contributed by atoms with E-state index in [0.29, 0.717) is 32.5 Å². The van der Waals surface area contributed by atoms with Crippen LogP contribution in [-0.4, -0.2) is 42.5 Å². The van der Waals surface area contributed by atoms with E-state index in [1.165, 1.54) is 6.07 Å². The van der Waals surface area contributed by atoms with E-state index in [4.69, 9.17) is 0 Å². The van der Waals surface area contributed by atoms with Crippen molar-refractivity contribution in [1.82, 2.24) is 15.5 Å². The van der Waals surface area contributed by atoms with Crippen LogP contribution in [0.2, 0.25) is 0 Å². The third-order valence-electron chi connectivity index (χ3n) is 3.82. The molecule has 7 heteroatoms. The average Bonchev–Trinajstić information content (AvgIpc) is 2.55. The summed E-state index contributed by atoms with van der Waals surface area (Å²) in [5.74, 6) is -2.32. The van der Waals surface area contributed by atoms with Crippen LogP contribution < -0.4 is 10.6 Å². The maximum atomic E-state index is 13.2. The number of carbonyl (C=O) groups excluding carboxylic acids is 2. The van der Waals surface area contributed by atoms with E-state index in [1.807, 2.05) is 6.92 Å². The predicted molar refractivity (Wildman–Crippen MR) is 82.1 cm³/mol. The van der Waals surface area contributed by atoms with E-state index in [0.717, 1.165) is 18.6 Å². The summed E-state index contributed by atoms with van der Waals surface area (Å²) in [6.07, 6.45) is 2.14. The minimum absolute atomic E-state index is 0.0147. The number of halogens is 2. The molecule has 0 atom stereocenters. The lowest BCUT2D eigenvalue weighted by molar-refractivity contribution is 0.0707. The van der Waals surface area contributed by atoms with Crippen molar-refractivity contribution in [2.45, 2.75) is 32.2 Å². The Morgan fingerprint density at radius 2 is 1.91 bits per heavy atom. The van der Waals surface area contributed by atoms with E-state index in [-0.39, 0.29) is 23.5 Å². The number of piperidine rings is 1. The number of rotatable bonds is 4. The summed E-state index contributed by atoms with van der Waals surface area (Å²) in [6.45, 7) is 3.54. The molecule has 1 aromatic rings. The van der Waals surface area contributed by atoms with Crippen LogP contribution in [0.1, 0.15) is 36.5 Å². The van der Waals surface area contributed by atoms with Crippen molar-refractivity contribution in [3.63, 3.8) is 0 Å². The van der Waals surface area contributed by atoms with Crippen LogP contribution in [0.15, 0.2) is 18.2 Å². The van der Waals surface area contributed by atoms with Crippen molar-refractivity contribution in [2.75, 3.05) is 19.6 Å². The molecule has 0 bridgehead atoms. The Bertz CT molecular complexity index is 572. The highest BCUT2D eigenvalue weighted by Gasteiger charge is 2.25. The Balaban J connectivity index is 1.85. The molecular formula is C16H21F2N3O2. The highest BCUT2D eigenvalue weighted by molar-refractivity contribution is 5.94. The number of nitrogens with one attached hydrogen (secondary N) is 2. The molecule has 2 rings (SSSR count). The molecule has 1 heterocycles. The van der Waals surface area contributed by atoms with Crippen LogP contribution in [0.3, 0.4) is 0 Å². The maximum absolute atomic E-state index is 13.2. The third-order valence-corrected chi connectivity index (χ3v) is 3.82. The summed E-state index contributed by atoms with van der Waals surface area (Å²) in [6, 6.07) is 2.97. The molecule has 1 fully saturated rings. The lowest BCUT2D eigenvalue weighted by Crippen LogP contribution is -2.49. The van der Waals surface area contributed by atoms with Gasteiger partial charge in [-0.25, -0.2) is 13.6 Å². The quantitative estimate of drug-likeness (QED) is 0.892. The second-order valence-electron chi connectivity index (χ2n) is 5.60. The van der Waals surface area contributed by atoms with Crippen LogP contribution in [0.5, 0.6) is 0 Å². The minimum atomic E-state index is -1.03. The molecule has 0 unspecified atom stereocenters. The largest absolute Gasteiger partial charge is 0.338 e. The van der Waals surface area contributed by atoms with Gasteiger partial charge in [0.15, 0.2) is 11.6 Å². The number of carbonyl (C=O) groups is 2. The minimum Gasteiger partial charge on any atom is -0.338 e. The fourth-order valence-corrected chi connectivity index (χ4v) is 2.51. The van der Waals surface area contributed by atoms with Crippen molar-refractivity contribution in [3.05, 3.63) is 35.4 Å². The van der Waals surface area contributed by atoms with Crippen molar-refractivity contribution >= 4 is 11.9 Å². The maximum Gasteiger partial charge on any atom is 0.315 e. The Morgan fingerprint density at radius 3 is 2.52 bits per heavy atom. The first-order valence-corrected chi connectivity index (χ1v) is 7.80. The molecule has 1 aliphatic rings. The summed E-state index contributed by atoms with van der Waals surface area (Å²) >= 11 is 0. The smallest absolute Gasteiger partial charge is 0.315 e. The molecule has 3 amide bonds. The van der Waals surface area contributed by atoms with Crippen LogP contribution in [0.4, 0.5) is 13.6 Å². The fourth-order valence-electron chi connectivity index (χ4n) is 2.51. The molecule has 0 radical (unpaired) electrons. The molecule has 0 aromatic heterocycles. The Morgan fingerprint density at radius 1 is 1.22 bits per heavy atom. The van der Waals surface area contributed by atoms with Crippen LogP contribution >= 0.6 is 0 Å². The van der Waals surface area contributed by atoms with Crippen LogP contribution in [0, 0.1) is 11.6 Å². The first-order chi connectivity index (χ1) is 11.0. The van der Waals surface area contributed by atoms with Gasteiger partial charge < -0.3 is 15.5 Å². The van der Waals surface area contributed by atoms with E-state index in [9.17, 15) is 18.4 Å². The molecule has 0 spiro atoms. The summed E-state index contributed by atoms with van der Waals surface area (Å²) in [5, 5.41) is 5.62. The van der Waals surface area contributed by atoms with Gasteiger partial charge in [0, 0.05) is 31.2 Å². The number of hydrogen-bond acceptors (Lipinski definition) is 2. The van der Waals surface area contributed by atoms with Gasteiger partial charge in [-0.05, 0) is 37.5 Å².